The number of carboxylic acid groups (broad SMARTS) is 1. The van der Waals surface area contributed by atoms with Crippen molar-refractivity contribution < 1.29 is 54.1 Å². The number of hydrogen-bond donors (Lipinski definition) is 6. The second kappa shape index (κ2) is 9.03. The molecule has 1 fully saturated rings. The Labute approximate surface area is 216 Å². The van der Waals surface area contributed by atoms with Crippen molar-refractivity contribution in [3.63, 3.8) is 0 Å². The van der Waals surface area contributed by atoms with Crippen molar-refractivity contribution >= 4 is 17.5 Å². The Morgan fingerprint density at radius 2 is 1.82 bits per heavy atom. The molecule has 2 aliphatic carbocycles. The van der Waals surface area contributed by atoms with E-state index in [1.165, 1.54) is 25.3 Å². The molecule has 2 aromatic carbocycles. The van der Waals surface area contributed by atoms with Gasteiger partial charge in [-0.1, -0.05) is 12.1 Å². The highest BCUT2D eigenvalue weighted by atomic mass is 16.7. The van der Waals surface area contributed by atoms with E-state index >= 15 is 0 Å². The van der Waals surface area contributed by atoms with Gasteiger partial charge in [0, 0.05) is 42.0 Å². The minimum Gasteiger partial charge on any atom is -0.507 e. The molecule has 0 aromatic heterocycles. The van der Waals surface area contributed by atoms with Gasteiger partial charge in [-0.3, -0.25) is 9.59 Å². The summed E-state index contributed by atoms with van der Waals surface area (Å²) in [5, 5.41) is 53.5. The van der Waals surface area contributed by atoms with Gasteiger partial charge in [0.15, 0.2) is 17.7 Å². The van der Waals surface area contributed by atoms with E-state index in [9.17, 15) is 39.9 Å². The first-order valence-electron chi connectivity index (χ1n) is 12.0. The maximum atomic E-state index is 13.6. The number of carbonyl (C=O) groups is 3. The summed E-state index contributed by atoms with van der Waals surface area (Å²) in [4.78, 5) is 39.1. The van der Waals surface area contributed by atoms with Crippen LogP contribution in [0.2, 0.25) is 0 Å². The molecule has 6 atom stereocenters. The van der Waals surface area contributed by atoms with Crippen molar-refractivity contribution in [2.24, 2.45) is 5.73 Å². The summed E-state index contributed by atoms with van der Waals surface area (Å²) in [6.07, 6.45) is -5.42. The van der Waals surface area contributed by atoms with Gasteiger partial charge in [0.2, 0.25) is 5.78 Å². The third kappa shape index (κ3) is 3.76. The van der Waals surface area contributed by atoms with Crippen LogP contribution in [0.25, 0.3) is 0 Å². The number of hydrogen-bond acceptors (Lipinski definition) is 11. The van der Waals surface area contributed by atoms with Gasteiger partial charge in [-0.05, 0) is 13.0 Å². The Balaban J connectivity index is 1.68. The first-order chi connectivity index (χ1) is 17.9. The molecule has 12 nitrogen and oxygen atoms in total. The number of aliphatic hydroxyl groups excluding tert-OH is 1. The fraction of sp³-hybridized carbons (Fsp3) is 0.423. The zero-order chi connectivity index (χ0) is 27.7. The molecule has 12 heteroatoms. The molecule has 202 valence electrons. The summed E-state index contributed by atoms with van der Waals surface area (Å²) in [6.45, 7) is 1.57. The fourth-order valence-electron chi connectivity index (χ4n) is 5.55. The van der Waals surface area contributed by atoms with E-state index in [0.29, 0.717) is 0 Å². The Morgan fingerprint density at radius 1 is 1.13 bits per heavy atom. The van der Waals surface area contributed by atoms with Gasteiger partial charge in [0.05, 0.1) is 42.1 Å². The molecule has 0 amide bonds. The molecular weight excluding hydrogens is 502 g/mol. The van der Waals surface area contributed by atoms with Crippen LogP contribution in [0, 0.1) is 0 Å². The van der Waals surface area contributed by atoms with Crippen LogP contribution in [0.5, 0.6) is 17.2 Å². The van der Waals surface area contributed by atoms with Gasteiger partial charge in [-0.15, -0.1) is 0 Å². The minimum absolute atomic E-state index is 0.00250. The molecule has 0 spiro atoms. The van der Waals surface area contributed by atoms with E-state index in [0.717, 1.165) is 0 Å². The number of phenolic OH excluding ortho intramolecular Hbond substituents is 2. The molecular formula is C26H27NO11. The molecule has 5 rings (SSSR count). The number of carboxylic acids is 1. The zero-order valence-corrected chi connectivity index (χ0v) is 20.5. The molecule has 0 radical (unpaired) electrons. The minimum atomic E-state index is -2.44. The number of rotatable bonds is 4. The van der Waals surface area contributed by atoms with Crippen LogP contribution in [-0.4, -0.2) is 80.3 Å². The Morgan fingerprint density at radius 3 is 2.45 bits per heavy atom. The number of nitrogens with two attached hydrogens (primary N) is 1. The summed E-state index contributed by atoms with van der Waals surface area (Å²) in [6, 6.07) is 3.60. The van der Waals surface area contributed by atoms with Crippen LogP contribution < -0.4 is 10.5 Å². The lowest BCUT2D eigenvalue weighted by Gasteiger charge is -2.41. The summed E-state index contributed by atoms with van der Waals surface area (Å²) in [5.41, 5.74) is 1.98. The Hall–Kier alpha value is -3.55. The zero-order valence-electron chi connectivity index (χ0n) is 20.5. The number of aliphatic hydroxyl groups is 2. The predicted molar refractivity (Wildman–Crippen MR) is 127 cm³/mol. The molecule has 2 aromatic rings. The van der Waals surface area contributed by atoms with Crippen LogP contribution in [0.1, 0.15) is 68.8 Å². The van der Waals surface area contributed by atoms with Gasteiger partial charge in [-0.2, -0.15) is 0 Å². The van der Waals surface area contributed by atoms with Gasteiger partial charge in [-0.25, -0.2) is 4.79 Å². The number of ether oxygens (including phenoxy) is 3. The average Bonchev–Trinajstić information content (AvgIpc) is 2.87. The third-order valence-corrected chi connectivity index (χ3v) is 7.54. The molecule has 7 N–H and O–H groups in total. The van der Waals surface area contributed by atoms with Gasteiger partial charge >= 0.3 is 5.97 Å². The maximum absolute atomic E-state index is 13.6. The van der Waals surface area contributed by atoms with Gasteiger partial charge in [0.1, 0.15) is 17.2 Å². The average molecular weight is 529 g/mol. The van der Waals surface area contributed by atoms with E-state index in [1.807, 2.05) is 0 Å². The van der Waals surface area contributed by atoms with E-state index < -0.39 is 89.2 Å². The van der Waals surface area contributed by atoms with E-state index in [-0.39, 0.29) is 34.4 Å². The SMILES string of the molecule is COc1cccc2c1C(=O)c1c(O)c3c(c(O)c1C2=O)C[C@@](O)(C(=O)O)C[C@@H]3O[C@H]1C[C@@H](N)[C@H](O)[C@H](C)O1. The van der Waals surface area contributed by atoms with E-state index in [4.69, 9.17) is 19.9 Å². The normalized spacial score (nSPS) is 30.3. The van der Waals surface area contributed by atoms with Crippen LogP contribution in [0.3, 0.4) is 0 Å². The molecule has 0 bridgehead atoms. The largest absolute Gasteiger partial charge is 0.507 e. The van der Waals surface area contributed by atoms with E-state index in [1.54, 1.807) is 6.92 Å². The fourth-order valence-corrected chi connectivity index (χ4v) is 5.55. The monoisotopic (exact) mass is 529 g/mol. The molecule has 3 aliphatic rings. The van der Waals surface area contributed by atoms with Crippen molar-refractivity contribution in [3.8, 4) is 17.2 Å². The number of fused-ring (bicyclic) bond motifs is 3. The van der Waals surface area contributed by atoms with Crippen molar-refractivity contribution in [2.75, 3.05) is 7.11 Å². The Bertz CT molecular complexity index is 1360. The van der Waals surface area contributed by atoms with Crippen molar-refractivity contribution in [3.05, 3.63) is 51.6 Å². The third-order valence-electron chi connectivity index (χ3n) is 7.54. The van der Waals surface area contributed by atoms with Gasteiger partial charge < -0.3 is 45.5 Å². The topological polar surface area (TPSA) is 206 Å². The second-order valence-corrected chi connectivity index (χ2v) is 9.88. The lowest BCUT2D eigenvalue weighted by molar-refractivity contribution is -0.248. The highest BCUT2D eigenvalue weighted by Crippen LogP contribution is 2.52. The number of methoxy groups -OCH3 is 1. The summed E-state index contributed by atoms with van der Waals surface area (Å²) < 4.78 is 16.9. The van der Waals surface area contributed by atoms with Crippen LogP contribution in [0.4, 0.5) is 0 Å². The maximum Gasteiger partial charge on any atom is 0.336 e. The second-order valence-electron chi connectivity index (χ2n) is 9.88. The number of ketones is 2. The van der Waals surface area contributed by atoms with Crippen molar-refractivity contribution in [1.29, 1.82) is 0 Å². The van der Waals surface area contributed by atoms with Crippen LogP contribution in [-0.2, 0) is 20.7 Å². The smallest absolute Gasteiger partial charge is 0.336 e. The highest BCUT2D eigenvalue weighted by Gasteiger charge is 2.50. The first-order valence-corrected chi connectivity index (χ1v) is 12.0. The number of benzene rings is 2. The Kier molecular flexibility index (Phi) is 6.20. The standard InChI is InChI=1S/C26H27NO11/c1-9-20(28)12(27)6-15(37-9)38-14-8-26(35,25(33)34)7-11-17(14)24(32)19-18(22(11)30)21(29)10-4-3-5-13(36-2)16(10)23(19)31/h3-5,9,12,14-15,20,28,30,32,35H,6-8,27H2,1-2H3,(H,33,34)/t9-,12+,14-,15-,20+,26-/m0/s1. The highest BCUT2D eigenvalue weighted by molar-refractivity contribution is 6.31. The number of aromatic hydroxyl groups is 2. The molecule has 1 saturated heterocycles. The lowest BCUT2D eigenvalue weighted by Crippen LogP contribution is -2.52. The van der Waals surface area contributed by atoms with Gasteiger partial charge in [0.25, 0.3) is 0 Å². The molecule has 1 heterocycles. The number of carbonyl (C=O) groups excluding carboxylic acids is 2. The van der Waals surface area contributed by atoms with Crippen LogP contribution >= 0.6 is 0 Å². The summed E-state index contributed by atoms with van der Waals surface area (Å²) >= 11 is 0. The quantitative estimate of drug-likeness (QED) is 0.256. The summed E-state index contributed by atoms with van der Waals surface area (Å²) in [5.74, 6) is -4.52. The van der Waals surface area contributed by atoms with E-state index in [2.05, 4.69) is 0 Å². The predicted octanol–water partition coefficient (Wildman–Crippen LogP) is 0.524. The molecule has 1 aliphatic heterocycles. The van der Waals surface area contributed by atoms with Crippen LogP contribution in [0.15, 0.2) is 18.2 Å². The molecule has 0 unspecified atom stereocenters. The van der Waals surface area contributed by atoms with Crippen molar-refractivity contribution in [2.45, 2.75) is 62.4 Å². The molecule has 38 heavy (non-hydrogen) atoms. The lowest BCUT2D eigenvalue weighted by atomic mass is 9.73. The number of aliphatic carboxylic acids is 1. The van der Waals surface area contributed by atoms with Crippen molar-refractivity contribution in [1.82, 2.24) is 0 Å². The summed E-state index contributed by atoms with van der Waals surface area (Å²) in [7, 11) is 1.32. The molecule has 0 saturated carbocycles. The first kappa shape index (κ1) is 26.1. The number of phenols is 2.